The molecular formula is C23H22FN3O. The fourth-order valence-corrected chi connectivity index (χ4v) is 3.58. The molecule has 28 heavy (non-hydrogen) atoms. The molecule has 0 bridgehead atoms. The van der Waals surface area contributed by atoms with Crippen molar-refractivity contribution in [3.05, 3.63) is 89.5 Å². The highest BCUT2D eigenvalue weighted by molar-refractivity contribution is 5.93. The SMILES string of the molecule is O=C(NCCc1ccc(F)cc1)c1cc(N2CCCc3ccccc32)ccn1. The van der Waals surface area contributed by atoms with Crippen LogP contribution in [-0.4, -0.2) is 24.0 Å². The molecular weight excluding hydrogens is 353 g/mol. The monoisotopic (exact) mass is 375 g/mol. The zero-order valence-corrected chi connectivity index (χ0v) is 15.6. The van der Waals surface area contributed by atoms with Crippen LogP contribution >= 0.6 is 0 Å². The van der Waals surface area contributed by atoms with E-state index in [1.54, 1.807) is 18.3 Å². The van der Waals surface area contributed by atoms with E-state index in [9.17, 15) is 9.18 Å². The maximum atomic E-state index is 13.0. The Balaban J connectivity index is 1.44. The van der Waals surface area contributed by atoms with Gasteiger partial charge in [0.05, 0.1) is 0 Å². The van der Waals surface area contributed by atoms with Crippen LogP contribution in [0.4, 0.5) is 15.8 Å². The van der Waals surface area contributed by atoms with E-state index in [4.69, 9.17) is 0 Å². The van der Waals surface area contributed by atoms with E-state index >= 15 is 0 Å². The van der Waals surface area contributed by atoms with E-state index in [1.165, 1.54) is 23.4 Å². The highest BCUT2D eigenvalue weighted by Crippen LogP contribution is 2.33. The molecule has 0 saturated carbocycles. The van der Waals surface area contributed by atoms with E-state index in [2.05, 4.69) is 33.4 Å². The molecule has 0 atom stereocenters. The Hall–Kier alpha value is -3.21. The number of anilines is 2. The van der Waals surface area contributed by atoms with E-state index in [-0.39, 0.29) is 11.7 Å². The average Bonchev–Trinajstić information content (AvgIpc) is 2.75. The number of pyridine rings is 1. The molecule has 0 saturated heterocycles. The highest BCUT2D eigenvalue weighted by Gasteiger charge is 2.19. The van der Waals surface area contributed by atoms with Crippen molar-refractivity contribution in [3.8, 4) is 0 Å². The van der Waals surface area contributed by atoms with Crippen LogP contribution < -0.4 is 10.2 Å². The normalized spacial score (nSPS) is 13.1. The van der Waals surface area contributed by atoms with Crippen molar-refractivity contribution < 1.29 is 9.18 Å². The van der Waals surface area contributed by atoms with E-state index in [0.29, 0.717) is 18.7 Å². The van der Waals surface area contributed by atoms with Crippen molar-refractivity contribution in [3.63, 3.8) is 0 Å². The van der Waals surface area contributed by atoms with Gasteiger partial charge >= 0.3 is 0 Å². The summed E-state index contributed by atoms with van der Waals surface area (Å²) in [6.45, 7) is 1.40. The minimum Gasteiger partial charge on any atom is -0.350 e. The molecule has 1 N–H and O–H groups in total. The van der Waals surface area contributed by atoms with Gasteiger partial charge in [-0.3, -0.25) is 9.78 Å². The van der Waals surface area contributed by atoms with Gasteiger partial charge in [0.25, 0.3) is 5.91 Å². The summed E-state index contributed by atoms with van der Waals surface area (Å²) >= 11 is 0. The van der Waals surface area contributed by atoms with Gasteiger partial charge in [0, 0.05) is 30.7 Å². The number of aromatic nitrogens is 1. The number of aryl methyl sites for hydroxylation is 1. The van der Waals surface area contributed by atoms with Crippen LogP contribution in [0.1, 0.15) is 28.0 Å². The summed E-state index contributed by atoms with van der Waals surface area (Å²) in [6, 6.07) is 18.5. The summed E-state index contributed by atoms with van der Waals surface area (Å²) in [4.78, 5) is 19.0. The predicted octanol–water partition coefficient (Wildman–Crippen LogP) is 4.28. The fraction of sp³-hybridized carbons (Fsp3) is 0.217. The van der Waals surface area contributed by atoms with Gasteiger partial charge in [-0.1, -0.05) is 30.3 Å². The Morgan fingerprint density at radius 3 is 2.79 bits per heavy atom. The number of fused-ring (bicyclic) bond motifs is 1. The summed E-state index contributed by atoms with van der Waals surface area (Å²) < 4.78 is 13.0. The van der Waals surface area contributed by atoms with Crippen LogP contribution in [0, 0.1) is 5.82 Å². The lowest BCUT2D eigenvalue weighted by molar-refractivity contribution is 0.0949. The Kier molecular flexibility index (Phi) is 5.33. The molecule has 0 aliphatic carbocycles. The second-order valence-corrected chi connectivity index (χ2v) is 6.92. The van der Waals surface area contributed by atoms with Crippen LogP contribution in [0.2, 0.25) is 0 Å². The van der Waals surface area contributed by atoms with Gasteiger partial charge in [-0.15, -0.1) is 0 Å². The lowest BCUT2D eigenvalue weighted by Gasteiger charge is -2.31. The third-order valence-corrected chi connectivity index (χ3v) is 5.01. The highest BCUT2D eigenvalue weighted by atomic mass is 19.1. The Morgan fingerprint density at radius 1 is 1.11 bits per heavy atom. The van der Waals surface area contributed by atoms with Gasteiger partial charge in [-0.25, -0.2) is 4.39 Å². The Morgan fingerprint density at radius 2 is 1.93 bits per heavy atom. The summed E-state index contributed by atoms with van der Waals surface area (Å²) in [5.74, 6) is -0.456. The van der Waals surface area contributed by atoms with Crippen molar-refractivity contribution in [2.45, 2.75) is 19.3 Å². The molecule has 1 aliphatic heterocycles. The molecule has 5 heteroatoms. The average molecular weight is 375 g/mol. The molecule has 2 heterocycles. The van der Waals surface area contributed by atoms with Crippen LogP contribution in [0.3, 0.4) is 0 Å². The van der Waals surface area contributed by atoms with Crippen molar-refractivity contribution in [2.75, 3.05) is 18.0 Å². The number of hydrogen-bond acceptors (Lipinski definition) is 3. The maximum absolute atomic E-state index is 13.0. The van der Waals surface area contributed by atoms with Gasteiger partial charge < -0.3 is 10.2 Å². The second-order valence-electron chi connectivity index (χ2n) is 6.92. The quantitative estimate of drug-likeness (QED) is 0.724. The molecule has 1 aliphatic rings. The maximum Gasteiger partial charge on any atom is 0.269 e. The van der Waals surface area contributed by atoms with Crippen molar-refractivity contribution in [1.29, 1.82) is 0 Å². The molecule has 1 aromatic heterocycles. The predicted molar refractivity (Wildman–Crippen MR) is 108 cm³/mol. The number of benzene rings is 2. The number of carbonyl (C=O) groups is 1. The topological polar surface area (TPSA) is 45.2 Å². The number of carbonyl (C=O) groups excluding carboxylic acids is 1. The number of nitrogens with zero attached hydrogens (tertiary/aromatic N) is 2. The summed E-state index contributed by atoms with van der Waals surface area (Å²) in [5.41, 5.74) is 4.89. The lowest BCUT2D eigenvalue weighted by atomic mass is 10.0. The number of halogens is 1. The second kappa shape index (κ2) is 8.21. The number of nitrogens with one attached hydrogen (secondary N) is 1. The number of hydrogen-bond donors (Lipinski definition) is 1. The number of rotatable bonds is 5. The first-order chi connectivity index (χ1) is 13.7. The van der Waals surface area contributed by atoms with Crippen molar-refractivity contribution >= 4 is 17.3 Å². The summed E-state index contributed by atoms with van der Waals surface area (Å²) in [7, 11) is 0. The third-order valence-electron chi connectivity index (χ3n) is 5.01. The van der Waals surface area contributed by atoms with Crippen LogP contribution in [0.25, 0.3) is 0 Å². The fourth-order valence-electron chi connectivity index (χ4n) is 3.58. The van der Waals surface area contributed by atoms with Gasteiger partial charge in [-0.05, 0) is 60.7 Å². The molecule has 0 unspecified atom stereocenters. The molecule has 4 nitrogen and oxygen atoms in total. The van der Waals surface area contributed by atoms with Crippen LogP contribution in [0.5, 0.6) is 0 Å². The van der Waals surface area contributed by atoms with Crippen molar-refractivity contribution in [2.24, 2.45) is 0 Å². The first kappa shape index (κ1) is 18.2. The summed E-state index contributed by atoms with van der Waals surface area (Å²) in [5, 5.41) is 2.90. The standard InChI is InChI=1S/C23H22FN3O/c24-19-9-7-17(8-10-19)11-13-26-23(28)21-16-20(12-14-25-21)27-15-3-5-18-4-1-2-6-22(18)27/h1-2,4,6-10,12,14,16H,3,5,11,13,15H2,(H,26,28). The van der Waals surface area contributed by atoms with Crippen LogP contribution in [0.15, 0.2) is 66.9 Å². The van der Waals surface area contributed by atoms with E-state index < -0.39 is 0 Å². The van der Waals surface area contributed by atoms with Crippen LogP contribution in [-0.2, 0) is 12.8 Å². The van der Waals surface area contributed by atoms with Gasteiger partial charge in [0.15, 0.2) is 0 Å². The lowest BCUT2D eigenvalue weighted by Crippen LogP contribution is -2.28. The Labute approximate surface area is 164 Å². The number of para-hydroxylation sites is 1. The number of amides is 1. The van der Waals surface area contributed by atoms with Crippen molar-refractivity contribution in [1.82, 2.24) is 10.3 Å². The molecule has 142 valence electrons. The van der Waals surface area contributed by atoms with Gasteiger partial charge in [0.1, 0.15) is 11.5 Å². The van der Waals surface area contributed by atoms with Gasteiger partial charge in [0.2, 0.25) is 0 Å². The Bertz CT molecular complexity index is 972. The molecule has 0 radical (unpaired) electrons. The smallest absolute Gasteiger partial charge is 0.269 e. The third kappa shape index (κ3) is 4.03. The molecule has 3 aromatic rings. The molecule has 1 amide bonds. The minimum absolute atomic E-state index is 0.200. The first-order valence-corrected chi connectivity index (χ1v) is 9.55. The molecule has 0 fully saturated rings. The molecule has 0 spiro atoms. The molecule has 2 aromatic carbocycles. The van der Waals surface area contributed by atoms with Gasteiger partial charge in [-0.2, -0.15) is 0 Å². The first-order valence-electron chi connectivity index (χ1n) is 9.55. The minimum atomic E-state index is -0.256. The zero-order chi connectivity index (χ0) is 19.3. The van der Waals surface area contributed by atoms with E-state index in [0.717, 1.165) is 30.6 Å². The largest absolute Gasteiger partial charge is 0.350 e. The molecule has 4 rings (SSSR count). The zero-order valence-electron chi connectivity index (χ0n) is 15.6. The summed E-state index contributed by atoms with van der Waals surface area (Å²) in [6.07, 6.45) is 4.49. The van der Waals surface area contributed by atoms with E-state index in [1.807, 2.05) is 18.2 Å².